The lowest BCUT2D eigenvalue weighted by Crippen LogP contribution is -2.26. The minimum absolute atomic E-state index is 0.153. The van der Waals surface area contributed by atoms with Crippen LogP contribution >= 0.6 is 11.6 Å². The summed E-state index contributed by atoms with van der Waals surface area (Å²) in [4.78, 5) is 0. The highest BCUT2D eigenvalue weighted by Crippen LogP contribution is 2.26. The first-order valence-corrected chi connectivity index (χ1v) is 4.70. The van der Waals surface area contributed by atoms with Gasteiger partial charge in [0.15, 0.2) is 0 Å². The fourth-order valence-corrected chi connectivity index (χ4v) is 1.68. The molecule has 1 aliphatic rings. The van der Waals surface area contributed by atoms with E-state index in [1.807, 2.05) is 12.1 Å². The highest BCUT2D eigenvalue weighted by atomic mass is 35.5. The van der Waals surface area contributed by atoms with Crippen LogP contribution in [0, 0.1) is 0 Å². The molecule has 0 amide bonds. The van der Waals surface area contributed by atoms with Crippen molar-refractivity contribution in [2.24, 2.45) is 0 Å². The predicted octanol–water partition coefficient (Wildman–Crippen LogP) is 2.81. The molecular formula is C11H14ClN. The van der Waals surface area contributed by atoms with Crippen LogP contribution < -0.4 is 5.32 Å². The number of nitrogens with one attached hydrogen (secondary N) is 1. The number of benzene rings is 1. The standard InChI is InChI=1S/C11H14ClN/c12-11-3-1-2-10(8-11)9-4-6-13-7-5-9/h1-3,8-9,13H,4-7H2/i6D2,7D2. The summed E-state index contributed by atoms with van der Waals surface area (Å²) in [5.41, 5.74) is 0.895. The van der Waals surface area contributed by atoms with E-state index in [1.54, 1.807) is 12.1 Å². The van der Waals surface area contributed by atoms with Crippen LogP contribution in [-0.2, 0) is 0 Å². The van der Waals surface area contributed by atoms with Crippen molar-refractivity contribution < 1.29 is 5.48 Å². The van der Waals surface area contributed by atoms with Gasteiger partial charge in [-0.15, -0.1) is 0 Å². The summed E-state index contributed by atoms with van der Waals surface area (Å²) in [5, 5.41) is 2.98. The van der Waals surface area contributed by atoms with E-state index in [-0.39, 0.29) is 18.8 Å². The summed E-state index contributed by atoms with van der Waals surface area (Å²) in [6, 6.07) is 7.22. The van der Waals surface area contributed by atoms with Gasteiger partial charge in [-0.1, -0.05) is 23.7 Å². The Labute approximate surface area is 89.7 Å². The van der Waals surface area contributed by atoms with E-state index in [1.165, 1.54) is 0 Å². The van der Waals surface area contributed by atoms with E-state index in [0.717, 1.165) is 5.56 Å². The monoisotopic (exact) mass is 199 g/mol. The molecule has 1 saturated heterocycles. The van der Waals surface area contributed by atoms with Crippen LogP contribution in [-0.4, -0.2) is 13.0 Å². The number of rotatable bonds is 1. The van der Waals surface area contributed by atoms with E-state index in [9.17, 15) is 0 Å². The molecule has 2 heteroatoms. The lowest BCUT2D eigenvalue weighted by atomic mass is 9.90. The van der Waals surface area contributed by atoms with Gasteiger partial charge in [0, 0.05) is 10.5 Å². The smallest absolute Gasteiger partial charge is 0.0428 e. The average molecular weight is 200 g/mol. The van der Waals surface area contributed by atoms with Crippen molar-refractivity contribution in [2.75, 3.05) is 13.0 Å². The zero-order valence-electron chi connectivity index (χ0n) is 11.2. The Morgan fingerprint density at radius 3 is 2.85 bits per heavy atom. The summed E-state index contributed by atoms with van der Waals surface area (Å²) >= 11 is 5.90. The minimum Gasteiger partial charge on any atom is -0.317 e. The Morgan fingerprint density at radius 2 is 2.15 bits per heavy atom. The quantitative estimate of drug-likeness (QED) is 0.734. The van der Waals surface area contributed by atoms with Crippen LogP contribution in [0.4, 0.5) is 0 Å². The van der Waals surface area contributed by atoms with Gasteiger partial charge >= 0.3 is 0 Å². The van der Waals surface area contributed by atoms with Crippen LogP contribution in [0.5, 0.6) is 0 Å². The highest BCUT2D eigenvalue weighted by Gasteiger charge is 2.14. The third-order valence-corrected chi connectivity index (χ3v) is 2.43. The third-order valence-electron chi connectivity index (χ3n) is 2.19. The van der Waals surface area contributed by atoms with E-state index < -0.39 is 13.0 Å². The van der Waals surface area contributed by atoms with Gasteiger partial charge in [-0.3, -0.25) is 0 Å². The van der Waals surface area contributed by atoms with Gasteiger partial charge in [0.1, 0.15) is 0 Å². The normalized spacial score (nSPS) is 31.2. The molecule has 0 bridgehead atoms. The summed E-state index contributed by atoms with van der Waals surface area (Å²) in [5.74, 6) is -0.153. The summed E-state index contributed by atoms with van der Waals surface area (Å²) in [6.07, 6.45) is 0.514. The lowest BCUT2D eigenvalue weighted by Gasteiger charge is -2.22. The van der Waals surface area contributed by atoms with Crippen molar-refractivity contribution in [1.82, 2.24) is 5.32 Å². The van der Waals surface area contributed by atoms with Crippen molar-refractivity contribution >= 4 is 11.6 Å². The molecule has 13 heavy (non-hydrogen) atoms. The van der Waals surface area contributed by atoms with E-state index in [0.29, 0.717) is 5.02 Å². The first kappa shape index (κ1) is 5.38. The molecule has 0 atom stereocenters. The molecule has 0 saturated carbocycles. The topological polar surface area (TPSA) is 12.0 Å². The van der Waals surface area contributed by atoms with E-state index in [2.05, 4.69) is 5.32 Å². The fraction of sp³-hybridized carbons (Fsp3) is 0.455. The van der Waals surface area contributed by atoms with E-state index >= 15 is 0 Å². The Balaban J connectivity index is 2.27. The lowest BCUT2D eigenvalue weighted by molar-refractivity contribution is 0.460. The van der Waals surface area contributed by atoms with Crippen molar-refractivity contribution in [1.29, 1.82) is 0 Å². The van der Waals surface area contributed by atoms with E-state index in [4.69, 9.17) is 17.1 Å². The number of piperidine rings is 1. The Kier molecular flexibility index (Phi) is 1.70. The van der Waals surface area contributed by atoms with Crippen LogP contribution in [0.25, 0.3) is 0 Å². The van der Waals surface area contributed by atoms with Gasteiger partial charge in [0.25, 0.3) is 0 Å². The Bertz CT molecular complexity index is 406. The molecule has 0 aliphatic carbocycles. The van der Waals surface area contributed by atoms with Gasteiger partial charge in [0.2, 0.25) is 0 Å². The largest absolute Gasteiger partial charge is 0.317 e. The molecule has 1 N–H and O–H groups in total. The third kappa shape index (κ3) is 2.23. The van der Waals surface area contributed by atoms with Gasteiger partial charge in [-0.05, 0) is 49.4 Å². The van der Waals surface area contributed by atoms with Crippen molar-refractivity contribution in [2.45, 2.75) is 18.8 Å². The van der Waals surface area contributed by atoms with Crippen molar-refractivity contribution in [3.8, 4) is 0 Å². The maximum Gasteiger partial charge on any atom is 0.0428 e. The van der Waals surface area contributed by atoms with Crippen LogP contribution in [0.3, 0.4) is 0 Å². The summed E-state index contributed by atoms with van der Waals surface area (Å²) < 4.78 is 30.8. The molecule has 0 unspecified atom stereocenters. The number of hydrogen-bond acceptors (Lipinski definition) is 1. The molecule has 0 radical (unpaired) electrons. The van der Waals surface area contributed by atoms with Gasteiger partial charge in [-0.2, -0.15) is 0 Å². The molecular weight excluding hydrogens is 182 g/mol. The summed E-state index contributed by atoms with van der Waals surface area (Å²) in [6.45, 7) is -3.37. The minimum atomic E-state index is -1.69. The molecule has 70 valence electrons. The van der Waals surface area contributed by atoms with Crippen LogP contribution in [0.15, 0.2) is 24.3 Å². The molecule has 0 aromatic heterocycles. The van der Waals surface area contributed by atoms with Gasteiger partial charge < -0.3 is 5.32 Å². The zero-order valence-corrected chi connectivity index (χ0v) is 7.93. The molecule has 1 aromatic rings. The zero-order chi connectivity index (χ0) is 12.7. The number of halogens is 1. The molecule has 1 heterocycles. The van der Waals surface area contributed by atoms with Crippen LogP contribution in [0.2, 0.25) is 5.02 Å². The second kappa shape index (κ2) is 4.12. The summed E-state index contributed by atoms with van der Waals surface area (Å²) in [7, 11) is 0. The molecule has 1 fully saturated rings. The highest BCUT2D eigenvalue weighted by molar-refractivity contribution is 6.30. The molecule has 0 spiro atoms. The van der Waals surface area contributed by atoms with Gasteiger partial charge in [0.05, 0.1) is 0 Å². The Morgan fingerprint density at radius 1 is 1.38 bits per heavy atom. The van der Waals surface area contributed by atoms with Gasteiger partial charge in [-0.25, -0.2) is 0 Å². The number of hydrogen-bond donors (Lipinski definition) is 1. The molecule has 1 nitrogen and oxygen atoms in total. The van der Waals surface area contributed by atoms with Crippen molar-refractivity contribution in [3.05, 3.63) is 34.9 Å². The second-order valence-electron chi connectivity index (χ2n) is 3.14. The molecule has 1 aromatic carbocycles. The van der Waals surface area contributed by atoms with Crippen LogP contribution in [0.1, 0.15) is 29.8 Å². The Hall–Kier alpha value is -0.530. The SMILES string of the molecule is [2H]C1([2H])CC(c2cccc(Cl)c2)CC([2H])([2H])N1. The first-order chi connectivity index (χ1) is 7.77. The first-order valence-electron chi connectivity index (χ1n) is 6.32. The second-order valence-corrected chi connectivity index (χ2v) is 3.58. The molecule has 2 rings (SSSR count). The maximum atomic E-state index is 7.70. The fourth-order valence-electron chi connectivity index (χ4n) is 1.48. The molecule has 1 aliphatic heterocycles. The van der Waals surface area contributed by atoms with Crippen molar-refractivity contribution in [3.63, 3.8) is 0 Å². The predicted molar refractivity (Wildman–Crippen MR) is 56.3 cm³/mol. The average Bonchev–Trinajstić information content (AvgIpc) is 2.12. The maximum absolute atomic E-state index is 7.70.